The van der Waals surface area contributed by atoms with Crippen LogP contribution in [0.2, 0.25) is 0 Å². The van der Waals surface area contributed by atoms with E-state index in [2.05, 4.69) is 46.6 Å². The molecule has 0 spiro atoms. The van der Waals surface area contributed by atoms with Crippen LogP contribution in [0, 0.1) is 5.41 Å². The molecule has 0 saturated carbocycles. The first kappa shape index (κ1) is 16.0. The molecule has 0 saturated heterocycles. The minimum Gasteiger partial charge on any atom is -0.508 e. The molecule has 2 atom stereocenters. The third-order valence-corrected chi connectivity index (χ3v) is 4.35. The van der Waals surface area contributed by atoms with Crippen molar-refractivity contribution < 1.29 is 5.11 Å². The van der Waals surface area contributed by atoms with Crippen molar-refractivity contribution >= 4 is 0 Å². The van der Waals surface area contributed by atoms with Crippen LogP contribution < -0.4 is 0 Å². The number of aryl methyl sites for hydroxylation is 1. The average molecular weight is 263 g/mol. The molecule has 2 unspecified atom stereocenters. The maximum absolute atomic E-state index is 9.28. The Balaban J connectivity index is 2.51. The zero-order valence-electron chi connectivity index (χ0n) is 13.3. The highest BCUT2D eigenvalue weighted by Crippen LogP contribution is 2.25. The van der Waals surface area contributed by atoms with Gasteiger partial charge in [-0.25, -0.2) is 0 Å². The summed E-state index contributed by atoms with van der Waals surface area (Å²) >= 11 is 0. The highest BCUT2D eigenvalue weighted by molar-refractivity contribution is 5.25. The molecule has 0 aliphatic heterocycles. The summed E-state index contributed by atoms with van der Waals surface area (Å²) < 4.78 is 0. The van der Waals surface area contributed by atoms with Gasteiger partial charge in [-0.15, -0.1) is 0 Å². The minimum atomic E-state index is 0.307. The first-order valence-electron chi connectivity index (χ1n) is 7.21. The Labute approximate surface area is 118 Å². The number of nitrogens with zero attached hydrogens (tertiary/aromatic N) is 1. The predicted molar refractivity (Wildman–Crippen MR) is 82.6 cm³/mol. The van der Waals surface area contributed by atoms with Crippen molar-refractivity contribution in [3.05, 3.63) is 29.8 Å². The van der Waals surface area contributed by atoms with Gasteiger partial charge in [0.25, 0.3) is 0 Å². The van der Waals surface area contributed by atoms with Gasteiger partial charge in [0.2, 0.25) is 0 Å². The molecule has 0 aliphatic rings. The maximum atomic E-state index is 9.28. The number of hydrogen-bond acceptors (Lipinski definition) is 2. The number of rotatable bonds is 5. The molecule has 108 valence electrons. The summed E-state index contributed by atoms with van der Waals surface area (Å²) in [5.74, 6) is 0.343. The molecule has 0 heterocycles. The molecule has 1 aromatic rings. The van der Waals surface area contributed by atoms with Crippen molar-refractivity contribution in [2.45, 2.75) is 59.5 Å². The summed E-state index contributed by atoms with van der Waals surface area (Å²) in [5, 5.41) is 9.28. The Morgan fingerprint density at radius 1 is 1.11 bits per heavy atom. The lowest BCUT2D eigenvalue weighted by atomic mass is 9.86. The topological polar surface area (TPSA) is 23.5 Å². The molecule has 1 N–H and O–H groups in total. The SMILES string of the molecule is CC(CCc1ccc(O)cc1)N(C)C(C)C(C)(C)C. The van der Waals surface area contributed by atoms with Gasteiger partial charge in [0.1, 0.15) is 5.75 Å². The number of benzene rings is 1. The van der Waals surface area contributed by atoms with Crippen molar-refractivity contribution in [1.29, 1.82) is 0 Å². The van der Waals surface area contributed by atoms with E-state index < -0.39 is 0 Å². The van der Waals surface area contributed by atoms with Gasteiger partial charge < -0.3 is 10.0 Å². The van der Waals surface area contributed by atoms with Crippen LogP contribution in [0.1, 0.15) is 46.6 Å². The van der Waals surface area contributed by atoms with Crippen LogP contribution >= 0.6 is 0 Å². The monoisotopic (exact) mass is 263 g/mol. The summed E-state index contributed by atoms with van der Waals surface area (Å²) in [4.78, 5) is 2.47. The van der Waals surface area contributed by atoms with Gasteiger partial charge in [-0.3, -0.25) is 0 Å². The van der Waals surface area contributed by atoms with Gasteiger partial charge in [0, 0.05) is 12.1 Å². The molecule has 0 radical (unpaired) electrons. The summed E-state index contributed by atoms with van der Waals surface area (Å²) in [6.45, 7) is 11.5. The Morgan fingerprint density at radius 3 is 2.11 bits per heavy atom. The van der Waals surface area contributed by atoms with E-state index in [9.17, 15) is 5.11 Å². The van der Waals surface area contributed by atoms with Crippen LogP contribution in [0.4, 0.5) is 0 Å². The second-order valence-electron chi connectivity index (χ2n) is 6.76. The first-order chi connectivity index (χ1) is 8.71. The fourth-order valence-corrected chi connectivity index (χ4v) is 2.23. The van der Waals surface area contributed by atoms with Crippen molar-refractivity contribution in [3.63, 3.8) is 0 Å². The van der Waals surface area contributed by atoms with E-state index in [0.29, 0.717) is 23.2 Å². The smallest absolute Gasteiger partial charge is 0.115 e. The van der Waals surface area contributed by atoms with Crippen molar-refractivity contribution in [2.24, 2.45) is 5.41 Å². The normalized spacial score (nSPS) is 15.5. The standard InChI is InChI=1S/C17H29NO/c1-13(18(6)14(2)17(3,4)5)7-8-15-9-11-16(19)12-10-15/h9-14,19H,7-8H2,1-6H3. The van der Waals surface area contributed by atoms with Crippen LogP contribution in [0.25, 0.3) is 0 Å². The third kappa shape index (κ3) is 4.87. The highest BCUT2D eigenvalue weighted by atomic mass is 16.3. The Bertz CT molecular complexity index is 377. The Morgan fingerprint density at radius 2 is 1.63 bits per heavy atom. The fraction of sp³-hybridized carbons (Fsp3) is 0.647. The quantitative estimate of drug-likeness (QED) is 0.865. The van der Waals surface area contributed by atoms with Gasteiger partial charge in [-0.2, -0.15) is 0 Å². The second kappa shape index (κ2) is 6.42. The molecular formula is C17H29NO. The van der Waals surface area contributed by atoms with Crippen LogP contribution in [0.5, 0.6) is 5.75 Å². The maximum Gasteiger partial charge on any atom is 0.115 e. The van der Waals surface area contributed by atoms with E-state index in [0.717, 1.165) is 12.8 Å². The van der Waals surface area contributed by atoms with Crippen LogP contribution in [0.3, 0.4) is 0 Å². The van der Waals surface area contributed by atoms with Crippen molar-refractivity contribution in [2.75, 3.05) is 7.05 Å². The average Bonchev–Trinajstić information content (AvgIpc) is 2.34. The van der Waals surface area contributed by atoms with Gasteiger partial charge >= 0.3 is 0 Å². The number of phenolic OH excluding ortho intramolecular Hbond substituents is 1. The molecule has 0 bridgehead atoms. The summed E-state index contributed by atoms with van der Waals surface area (Å²) in [7, 11) is 2.22. The molecule has 0 amide bonds. The van der Waals surface area contributed by atoms with E-state index >= 15 is 0 Å². The molecule has 2 nitrogen and oxygen atoms in total. The highest BCUT2D eigenvalue weighted by Gasteiger charge is 2.26. The van der Waals surface area contributed by atoms with Gasteiger partial charge in [-0.05, 0) is 56.8 Å². The summed E-state index contributed by atoms with van der Waals surface area (Å²) in [5.41, 5.74) is 1.60. The largest absolute Gasteiger partial charge is 0.508 e. The molecule has 0 aliphatic carbocycles. The lowest BCUT2D eigenvalue weighted by Gasteiger charge is -2.39. The zero-order valence-corrected chi connectivity index (χ0v) is 13.3. The Hall–Kier alpha value is -1.02. The Kier molecular flexibility index (Phi) is 5.42. The van der Waals surface area contributed by atoms with Gasteiger partial charge in [-0.1, -0.05) is 32.9 Å². The first-order valence-corrected chi connectivity index (χ1v) is 7.21. The van der Waals surface area contributed by atoms with Crippen LogP contribution in [0.15, 0.2) is 24.3 Å². The van der Waals surface area contributed by atoms with Crippen LogP contribution in [-0.2, 0) is 6.42 Å². The molecule has 0 aromatic heterocycles. The lowest BCUT2D eigenvalue weighted by Crippen LogP contribution is -2.44. The van der Waals surface area contributed by atoms with E-state index in [4.69, 9.17) is 0 Å². The number of hydrogen-bond donors (Lipinski definition) is 1. The number of phenols is 1. The second-order valence-corrected chi connectivity index (χ2v) is 6.76. The van der Waals surface area contributed by atoms with Crippen molar-refractivity contribution in [1.82, 2.24) is 4.90 Å². The predicted octanol–water partition coefficient (Wildman–Crippen LogP) is 4.08. The summed E-state index contributed by atoms with van der Waals surface area (Å²) in [6, 6.07) is 8.67. The lowest BCUT2D eigenvalue weighted by molar-refractivity contribution is 0.101. The summed E-state index contributed by atoms with van der Waals surface area (Å²) in [6.07, 6.45) is 2.20. The van der Waals surface area contributed by atoms with E-state index in [1.807, 2.05) is 12.1 Å². The molecule has 1 rings (SSSR count). The third-order valence-electron chi connectivity index (χ3n) is 4.35. The van der Waals surface area contributed by atoms with Gasteiger partial charge in [0.05, 0.1) is 0 Å². The number of aromatic hydroxyl groups is 1. The van der Waals surface area contributed by atoms with Crippen LogP contribution in [-0.4, -0.2) is 29.1 Å². The zero-order chi connectivity index (χ0) is 14.6. The van der Waals surface area contributed by atoms with E-state index in [-0.39, 0.29) is 0 Å². The van der Waals surface area contributed by atoms with Crippen molar-refractivity contribution in [3.8, 4) is 5.75 Å². The molecule has 1 aromatic carbocycles. The molecule has 0 fully saturated rings. The molecular weight excluding hydrogens is 234 g/mol. The van der Waals surface area contributed by atoms with E-state index in [1.54, 1.807) is 12.1 Å². The molecule has 19 heavy (non-hydrogen) atoms. The minimum absolute atomic E-state index is 0.307. The van der Waals surface area contributed by atoms with E-state index in [1.165, 1.54) is 5.56 Å². The molecule has 2 heteroatoms. The van der Waals surface area contributed by atoms with Gasteiger partial charge in [0.15, 0.2) is 0 Å². The fourth-order valence-electron chi connectivity index (χ4n) is 2.23.